The molecule has 0 spiro atoms. The first kappa shape index (κ1) is 22.3. The SMILES string of the molecule is O=C(/C=C/c1ccccc1)Nc1ccc(N2CCCC2)c(C(=O)NCCc2ccccc2)c1. The first-order chi connectivity index (χ1) is 16.2. The van der Waals surface area contributed by atoms with Crippen molar-refractivity contribution < 1.29 is 9.59 Å². The fraction of sp³-hybridized carbons (Fsp3) is 0.214. The summed E-state index contributed by atoms with van der Waals surface area (Å²) in [5, 5.41) is 5.93. The third kappa shape index (κ3) is 6.32. The lowest BCUT2D eigenvalue weighted by atomic mass is 10.1. The molecule has 0 unspecified atom stereocenters. The average Bonchev–Trinajstić information content (AvgIpc) is 3.39. The van der Waals surface area contributed by atoms with E-state index in [9.17, 15) is 9.59 Å². The lowest BCUT2D eigenvalue weighted by molar-refractivity contribution is -0.111. The van der Waals surface area contributed by atoms with Gasteiger partial charge in [-0.3, -0.25) is 9.59 Å². The molecule has 1 saturated heterocycles. The molecule has 2 amide bonds. The number of hydrogen-bond donors (Lipinski definition) is 2. The van der Waals surface area contributed by atoms with Crippen LogP contribution >= 0.6 is 0 Å². The van der Waals surface area contributed by atoms with Gasteiger partial charge in [0, 0.05) is 37.1 Å². The molecule has 4 rings (SSSR count). The Labute approximate surface area is 195 Å². The highest BCUT2D eigenvalue weighted by atomic mass is 16.2. The second-order valence-electron chi connectivity index (χ2n) is 8.15. The summed E-state index contributed by atoms with van der Waals surface area (Å²) in [5.41, 5.74) is 4.26. The van der Waals surface area contributed by atoms with Gasteiger partial charge < -0.3 is 15.5 Å². The number of nitrogens with one attached hydrogen (secondary N) is 2. The molecule has 0 bridgehead atoms. The molecule has 3 aromatic carbocycles. The molecule has 0 aliphatic carbocycles. The second-order valence-corrected chi connectivity index (χ2v) is 8.15. The summed E-state index contributed by atoms with van der Waals surface area (Å²) in [6.45, 7) is 2.43. The second kappa shape index (κ2) is 11.1. The molecule has 1 aliphatic rings. The van der Waals surface area contributed by atoms with E-state index in [4.69, 9.17) is 0 Å². The lowest BCUT2D eigenvalue weighted by Gasteiger charge is -2.22. The van der Waals surface area contributed by atoms with Gasteiger partial charge in [-0.05, 0) is 54.7 Å². The fourth-order valence-corrected chi connectivity index (χ4v) is 4.01. The maximum absolute atomic E-state index is 13.1. The third-order valence-corrected chi connectivity index (χ3v) is 5.72. The highest BCUT2D eigenvalue weighted by Crippen LogP contribution is 2.27. The van der Waals surface area contributed by atoms with Crippen molar-refractivity contribution in [2.45, 2.75) is 19.3 Å². The standard InChI is InChI=1S/C28H29N3O2/c32-27(16-13-22-9-3-1-4-10-22)30-24-14-15-26(31-19-7-8-20-31)25(21-24)28(33)29-18-17-23-11-5-2-6-12-23/h1-6,9-16,21H,7-8,17-20H2,(H,29,33)(H,30,32)/b16-13+. The average molecular weight is 440 g/mol. The number of benzene rings is 3. The van der Waals surface area contributed by atoms with Crippen molar-refractivity contribution in [2.75, 3.05) is 29.9 Å². The summed E-state index contributed by atoms with van der Waals surface area (Å²) < 4.78 is 0. The van der Waals surface area contributed by atoms with E-state index < -0.39 is 0 Å². The van der Waals surface area contributed by atoms with Gasteiger partial charge >= 0.3 is 0 Å². The van der Waals surface area contributed by atoms with Gasteiger partial charge in [0.1, 0.15) is 0 Å². The molecule has 168 valence electrons. The van der Waals surface area contributed by atoms with Crippen LogP contribution in [-0.2, 0) is 11.2 Å². The zero-order valence-electron chi connectivity index (χ0n) is 18.7. The van der Waals surface area contributed by atoms with E-state index in [1.165, 1.54) is 11.6 Å². The Bertz CT molecular complexity index is 1100. The molecule has 5 heteroatoms. The molecular weight excluding hydrogens is 410 g/mol. The molecule has 0 saturated carbocycles. The first-order valence-corrected chi connectivity index (χ1v) is 11.4. The number of rotatable bonds is 8. The summed E-state index contributed by atoms with van der Waals surface area (Å²) in [4.78, 5) is 27.8. The Balaban J connectivity index is 1.46. The molecule has 0 radical (unpaired) electrons. The van der Waals surface area contributed by atoms with Crippen molar-refractivity contribution in [1.29, 1.82) is 0 Å². The predicted octanol–water partition coefficient (Wildman–Crippen LogP) is 4.91. The van der Waals surface area contributed by atoms with Gasteiger partial charge in [-0.1, -0.05) is 60.7 Å². The fourth-order valence-electron chi connectivity index (χ4n) is 4.01. The van der Waals surface area contributed by atoms with Gasteiger partial charge in [0.2, 0.25) is 5.91 Å². The van der Waals surface area contributed by atoms with E-state index >= 15 is 0 Å². The highest BCUT2D eigenvalue weighted by molar-refractivity contribution is 6.05. The number of carbonyl (C=O) groups excluding carboxylic acids is 2. The molecule has 5 nitrogen and oxygen atoms in total. The van der Waals surface area contributed by atoms with Crippen LogP contribution in [-0.4, -0.2) is 31.4 Å². The van der Waals surface area contributed by atoms with Gasteiger partial charge in [-0.2, -0.15) is 0 Å². The van der Waals surface area contributed by atoms with Crippen molar-refractivity contribution in [1.82, 2.24) is 5.32 Å². The quantitative estimate of drug-likeness (QED) is 0.490. The monoisotopic (exact) mass is 439 g/mol. The largest absolute Gasteiger partial charge is 0.371 e. The Morgan fingerprint density at radius 1 is 0.879 bits per heavy atom. The topological polar surface area (TPSA) is 61.4 Å². The van der Waals surface area contributed by atoms with Gasteiger partial charge in [0.05, 0.1) is 5.56 Å². The van der Waals surface area contributed by atoms with Gasteiger partial charge in [-0.25, -0.2) is 0 Å². The van der Waals surface area contributed by atoms with E-state index in [0.29, 0.717) is 17.8 Å². The maximum atomic E-state index is 13.1. The number of amides is 2. The molecule has 33 heavy (non-hydrogen) atoms. The van der Waals surface area contributed by atoms with Crippen molar-refractivity contribution in [2.24, 2.45) is 0 Å². The molecule has 1 fully saturated rings. The third-order valence-electron chi connectivity index (χ3n) is 5.72. The molecule has 1 aliphatic heterocycles. The van der Waals surface area contributed by atoms with E-state index in [0.717, 1.165) is 43.6 Å². The van der Waals surface area contributed by atoms with Gasteiger partial charge in [0.25, 0.3) is 5.91 Å². The van der Waals surface area contributed by atoms with Crippen LogP contribution in [0.1, 0.15) is 34.3 Å². The molecule has 1 heterocycles. The normalized spacial score (nSPS) is 13.3. The Hall–Kier alpha value is -3.86. The number of nitrogens with zero attached hydrogens (tertiary/aromatic N) is 1. The van der Waals surface area contributed by atoms with Crippen molar-refractivity contribution in [3.8, 4) is 0 Å². The van der Waals surface area contributed by atoms with E-state index in [1.54, 1.807) is 12.1 Å². The van der Waals surface area contributed by atoms with Crippen LogP contribution in [0.5, 0.6) is 0 Å². The molecule has 2 N–H and O–H groups in total. The van der Waals surface area contributed by atoms with Gasteiger partial charge in [-0.15, -0.1) is 0 Å². The molecule has 0 atom stereocenters. The van der Waals surface area contributed by atoms with Crippen LogP contribution in [0.25, 0.3) is 6.08 Å². The molecule has 0 aromatic heterocycles. The molecule has 3 aromatic rings. The number of carbonyl (C=O) groups is 2. The summed E-state index contributed by atoms with van der Waals surface area (Å²) in [6.07, 6.45) is 6.29. The minimum absolute atomic E-state index is 0.122. The minimum Gasteiger partial charge on any atom is -0.371 e. The number of hydrogen-bond acceptors (Lipinski definition) is 3. The van der Waals surface area contributed by atoms with Crippen LogP contribution < -0.4 is 15.5 Å². The van der Waals surface area contributed by atoms with Crippen molar-refractivity contribution in [3.05, 3.63) is 102 Å². The summed E-state index contributed by atoms with van der Waals surface area (Å²) in [7, 11) is 0. The maximum Gasteiger partial charge on any atom is 0.253 e. The van der Waals surface area contributed by atoms with E-state index in [-0.39, 0.29) is 11.8 Å². The van der Waals surface area contributed by atoms with Crippen LogP contribution in [0.2, 0.25) is 0 Å². The van der Waals surface area contributed by atoms with Crippen molar-refractivity contribution >= 4 is 29.3 Å². The summed E-state index contributed by atoms with van der Waals surface area (Å²) in [6, 6.07) is 25.3. The smallest absolute Gasteiger partial charge is 0.253 e. The highest BCUT2D eigenvalue weighted by Gasteiger charge is 2.20. The van der Waals surface area contributed by atoms with E-state index in [1.807, 2.05) is 60.7 Å². The van der Waals surface area contributed by atoms with Crippen LogP contribution in [0.3, 0.4) is 0 Å². The van der Waals surface area contributed by atoms with Crippen molar-refractivity contribution in [3.63, 3.8) is 0 Å². The molecular formula is C28H29N3O2. The van der Waals surface area contributed by atoms with Crippen LogP contribution in [0, 0.1) is 0 Å². The lowest BCUT2D eigenvalue weighted by Crippen LogP contribution is -2.29. The Morgan fingerprint density at radius 2 is 1.58 bits per heavy atom. The Kier molecular flexibility index (Phi) is 7.54. The summed E-state index contributed by atoms with van der Waals surface area (Å²) in [5.74, 6) is -0.355. The van der Waals surface area contributed by atoms with Crippen LogP contribution in [0.4, 0.5) is 11.4 Å². The zero-order chi connectivity index (χ0) is 22.9. The number of anilines is 2. The van der Waals surface area contributed by atoms with Gasteiger partial charge in [0.15, 0.2) is 0 Å². The van der Waals surface area contributed by atoms with E-state index in [2.05, 4.69) is 27.7 Å². The minimum atomic E-state index is -0.233. The first-order valence-electron chi connectivity index (χ1n) is 11.4. The predicted molar refractivity (Wildman–Crippen MR) is 134 cm³/mol. The van der Waals surface area contributed by atoms with Crippen LogP contribution in [0.15, 0.2) is 84.9 Å². The Morgan fingerprint density at radius 3 is 2.30 bits per heavy atom. The zero-order valence-corrected chi connectivity index (χ0v) is 18.7. The summed E-state index contributed by atoms with van der Waals surface area (Å²) >= 11 is 0.